The van der Waals surface area contributed by atoms with E-state index in [4.69, 9.17) is 5.26 Å². The van der Waals surface area contributed by atoms with Crippen LogP contribution >= 0.6 is 0 Å². The molecule has 0 spiro atoms. The first-order valence-corrected chi connectivity index (χ1v) is 4.88. The molecule has 0 aromatic heterocycles. The lowest BCUT2D eigenvalue weighted by atomic mass is 9.96. The molecule has 0 bridgehead atoms. The van der Waals surface area contributed by atoms with Crippen LogP contribution in [0.15, 0.2) is 12.7 Å². The molecule has 0 radical (unpaired) electrons. The number of nitrogens with one attached hydrogen (secondary N) is 1. The van der Waals surface area contributed by atoms with Gasteiger partial charge in [-0.25, -0.2) is 0 Å². The maximum absolute atomic E-state index is 9.01. The molecule has 0 rings (SSSR count). The van der Waals surface area contributed by atoms with E-state index in [-0.39, 0.29) is 0 Å². The molecule has 0 aromatic rings. The van der Waals surface area contributed by atoms with Crippen LogP contribution < -0.4 is 5.32 Å². The molecule has 2 unspecified atom stereocenters. The third-order valence-corrected chi connectivity index (χ3v) is 2.27. The van der Waals surface area contributed by atoms with E-state index in [9.17, 15) is 0 Å². The Balaban J connectivity index is 4.12. The van der Waals surface area contributed by atoms with Crippen LogP contribution in [-0.4, -0.2) is 11.6 Å². The summed E-state index contributed by atoms with van der Waals surface area (Å²) >= 11 is 0. The van der Waals surface area contributed by atoms with Crippen molar-refractivity contribution in [2.75, 3.05) is 0 Å². The molecular weight excluding hydrogens is 160 g/mol. The molecule has 0 amide bonds. The van der Waals surface area contributed by atoms with Gasteiger partial charge in [0, 0.05) is 6.04 Å². The summed E-state index contributed by atoms with van der Waals surface area (Å²) in [6, 6.07) is 2.72. The predicted octanol–water partition coefficient (Wildman–Crippen LogP) is 2.62. The van der Waals surface area contributed by atoms with Gasteiger partial charge in [-0.15, -0.1) is 6.58 Å². The van der Waals surface area contributed by atoms with Gasteiger partial charge in [0.2, 0.25) is 0 Å². The largest absolute Gasteiger partial charge is 0.297 e. The Labute approximate surface area is 81.6 Å². The van der Waals surface area contributed by atoms with Crippen LogP contribution in [0.5, 0.6) is 0 Å². The van der Waals surface area contributed by atoms with Crippen LogP contribution in [0, 0.1) is 11.3 Å². The van der Waals surface area contributed by atoms with E-state index in [2.05, 4.69) is 31.8 Å². The molecule has 0 saturated heterocycles. The summed E-state index contributed by atoms with van der Waals surface area (Å²) < 4.78 is 0. The Morgan fingerprint density at radius 2 is 2.31 bits per heavy atom. The van der Waals surface area contributed by atoms with E-state index in [0.717, 1.165) is 19.3 Å². The highest BCUT2D eigenvalue weighted by atomic mass is 15.0. The molecule has 0 heterocycles. The van der Waals surface area contributed by atoms with Gasteiger partial charge in [0.1, 0.15) is 5.54 Å². The minimum Gasteiger partial charge on any atom is -0.297 e. The van der Waals surface area contributed by atoms with E-state index in [1.54, 1.807) is 0 Å². The van der Waals surface area contributed by atoms with Gasteiger partial charge in [0.05, 0.1) is 6.07 Å². The molecule has 0 aromatic carbocycles. The first-order chi connectivity index (χ1) is 6.08. The topological polar surface area (TPSA) is 35.8 Å². The molecule has 2 atom stereocenters. The quantitative estimate of drug-likeness (QED) is 0.638. The molecule has 2 heteroatoms. The van der Waals surface area contributed by atoms with Crippen LogP contribution in [0.25, 0.3) is 0 Å². The normalized spacial score (nSPS) is 17.1. The van der Waals surface area contributed by atoms with Gasteiger partial charge in [0.25, 0.3) is 0 Å². The van der Waals surface area contributed by atoms with Crippen molar-refractivity contribution in [3.05, 3.63) is 12.7 Å². The van der Waals surface area contributed by atoms with Crippen LogP contribution in [0.3, 0.4) is 0 Å². The standard InChI is InChI=1S/C11H20N2/c1-5-7-8-11(4,9-12)13-10(3)6-2/h5,10,13H,1,6-8H2,2-4H3. The van der Waals surface area contributed by atoms with Crippen molar-refractivity contribution >= 4 is 0 Å². The van der Waals surface area contributed by atoms with Crippen molar-refractivity contribution in [3.63, 3.8) is 0 Å². The molecule has 0 saturated carbocycles. The maximum Gasteiger partial charge on any atom is 0.104 e. The first kappa shape index (κ1) is 12.2. The van der Waals surface area contributed by atoms with Gasteiger partial charge in [-0.3, -0.25) is 5.32 Å². The van der Waals surface area contributed by atoms with Gasteiger partial charge < -0.3 is 0 Å². The van der Waals surface area contributed by atoms with E-state index in [0.29, 0.717) is 6.04 Å². The monoisotopic (exact) mass is 180 g/mol. The smallest absolute Gasteiger partial charge is 0.104 e. The molecule has 13 heavy (non-hydrogen) atoms. The van der Waals surface area contributed by atoms with E-state index in [1.165, 1.54) is 0 Å². The van der Waals surface area contributed by atoms with Crippen molar-refractivity contribution < 1.29 is 0 Å². The number of nitrogens with zero attached hydrogens (tertiary/aromatic N) is 1. The molecule has 1 N–H and O–H groups in total. The van der Waals surface area contributed by atoms with E-state index >= 15 is 0 Å². The van der Waals surface area contributed by atoms with Crippen molar-refractivity contribution in [3.8, 4) is 6.07 Å². The highest BCUT2D eigenvalue weighted by Crippen LogP contribution is 2.13. The van der Waals surface area contributed by atoms with Crippen LogP contribution in [0.4, 0.5) is 0 Å². The summed E-state index contributed by atoms with van der Waals surface area (Å²) in [5.41, 5.74) is -0.399. The minimum absolute atomic E-state index is 0.398. The number of rotatable bonds is 6. The van der Waals surface area contributed by atoms with Crippen LogP contribution in [-0.2, 0) is 0 Å². The van der Waals surface area contributed by atoms with Crippen LogP contribution in [0.2, 0.25) is 0 Å². The van der Waals surface area contributed by atoms with Crippen LogP contribution in [0.1, 0.15) is 40.0 Å². The summed E-state index contributed by atoms with van der Waals surface area (Å²) in [5, 5.41) is 12.3. The third-order valence-electron chi connectivity index (χ3n) is 2.27. The summed E-state index contributed by atoms with van der Waals surface area (Å²) in [6.45, 7) is 9.82. The average Bonchev–Trinajstić information content (AvgIpc) is 2.14. The third kappa shape index (κ3) is 4.69. The Bertz CT molecular complexity index is 193. The lowest BCUT2D eigenvalue weighted by Crippen LogP contribution is -2.45. The fraction of sp³-hybridized carbons (Fsp3) is 0.727. The summed E-state index contributed by atoms with van der Waals surface area (Å²) in [5.74, 6) is 0. The SMILES string of the molecule is C=CCCC(C)(C#N)NC(C)CC. The van der Waals surface area contributed by atoms with Crippen molar-refractivity contribution in [2.45, 2.75) is 51.6 Å². The summed E-state index contributed by atoms with van der Waals surface area (Å²) in [4.78, 5) is 0. The molecule has 0 aliphatic heterocycles. The Morgan fingerprint density at radius 1 is 1.69 bits per heavy atom. The zero-order valence-electron chi connectivity index (χ0n) is 8.93. The molecule has 0 fully saturated rings. The first-order valence-electron chi connectivity index (χ1n) is 4.88. The second-order valence-electron chi connectivity index (χ2n) is 3.72. The molecule has 0 aliphatic carbocycles. The van der Waals surface area contributed by atoms with Crippen molar-refractivity contribution in [1.82, 2.24) is 5.32 Å². The van der Waals surface area contributed by atoms with Gasteiger partial charge in [-0.05, 0) is 33.1 Å². The van der Waals surface area contributed by atoms with Crippen molar-refractivity contribution in [2.24, 2.45) is 0 Å². The number of hydrogen-bond donors (Lipinski definition) is 1. The highest BCUT2D eigenvalue weighted by Gasteiger charge is 2.23. The van der Waals surface area contributed by atoms with Gasteiger partial charge in [-0.1, -0.05) is 13.0 Å². The summed E-state index contributed by atoms with van der Waals surface area (Å²) in [7, 11) is 0. The number of hydrogen-bond acceptors (Lipinski definition) is 2. The average molecular weight is 180 g/mol. The second-order valence-corrected chi connectivity index (χ2v) is 3.72. The van der Waals surface area contributed by atoms with Crippen molar-refractivity contribution in [1.29, 1.82) is 5.26 Å². The lowest BCUT2D eigenvalue weighted by Gasteiger charge is -2.26. The summed E-state index contributed by atoms with van der Waals surface area (Å²) in [6.07, 6.45) is 4.62. The fourth-order valence-corrected chi connectivity index (χ4v) is 1.20. The van der Waals surface area contributed by atoms with Gasteiger partial charge >= 0.3 is 0 Å². The molecule has 2 nitrogen and oxygen atoms in total. The second kappa shape index (κ2) is 5.77. The molecular formula is C11H20N2. The van der Waals surface area contributed by atoms with Gasteiger partial charge in [0.15, 0.2) is 0 Å². The lowest BCUT2D eigenvalue weighted by molar-refractivity contribution is 0.366. The fourth-order valence-electron chi connectivity index (χ4n) is 1.20. The Morgan fingerprint density at radius 3 is 2.69 bits per heavy atom. The Kier molecular flexibility index (Phi) is 5.41. The van der Waals surface area contributed by atoms with Gasteiger partial charge in [-0.2, -0.15) is 5.26 Å². The Hall–Kier alpha value is -0.810. The van der Waals surface area contributed by atoms with E-state index < -0.39 is 5.54 Å². The number of nitriles is 1. The maximum atomic E-state index is 9.01. The molecule has 74 valence electrons. The number of allylic oxidation sites excluding steroid dienone is 1. The zero-order chi connectivity index (χ0) is 10.3. The zero-order valence-corrected chi connectivity index (χ0v) is 8.93. The predicted molar refractivity (Wildman–Crippen MR) is 56.3 cm³/mol. The highest BCUT2D eigenvalue weighted by molar-refractivity contribution is 5.05. The molecule has 0 aliphatic rings. The minimum atomic E-state index is -0.399. The van der Waals surface area contributed by atoms with E-state index in [1.807, 2.05) is 13.0 Å².